The van der Waals surface area contributed by atoms with Crippen LogP contribution in [0.25, 0.3) is 0 Å². The average Bonchev–Trinajstić information content (AvgIpc) is 2.08. The fraction of sp³-hybridized carbons (Fsp3) is 1.00. The number of hydrogen-bond donors (Lipinski definition) is 1. The zero-order valence-corrected chi connectivity index (χ0v) is 8.15. The lowest BCUT2D eigenvalue weighted by Crippen LogP contribution is -2.28. The van der Waals surface area contributed by atoms with Crippen LogP contribution in [0.2, 0.25) is 0 Å². The van der Waals surface area contributed by atoms with E-state index < -0.39 is 0 Å². The monoisotopic (exact) mass is 164 g/mol. The van der Waals surface area contributed by atoms with Crippen molar-refractivity contribution in [3.8, 4) is 0 Å². The minimum absolute atomic E-state index is 0.356. The summed E-state index contributed by atoms with van der Waals surface area (Å²) in [7, 11) is 1.76. The van der Waals surface area contributed by atoms with Crippen LogP contribution in [0.4, 0.5) is 4.39 Å². The fourth-order valence-electron chi connectivity index (χ4n) is 0.506. The van der Waals surface area contributed by atoms with Gasteiger partial charge in [0.2, 0.25) is 0 Å². The van der Waals surface area contributed by atoms with Crippen LogP contribution in [0.15, 0.2) is 0 Å². The van der Waals surface area contributed by atoms with E-state index in [1.54, 1.807) is 11.9 Å². The van der Waals surface area contributed by atoms with E-state index in [4.69, 9.17) is 0 Å². The molecule has 0 aromatic carbocycles. The van der Waals surface area contributed by atoms with Crippen LogP contribution in [0, 0.1) is 0 Å². The van der Waals surface area contributed by atoms with E-state index in [1.165, 1.54) is 0 Å². The van der Waals surface area contributed by atoms with E-state index in [-0.39, 0.29) is 6.80 Å². The molecular formula is C8H21FN2. The van der Waals surface area contributed by atoms with Gasteiger partial charge in [0, 0.05) is 13.1 Å². The minimum atomic E-state index is -0.356. The first kappa shape index (κ1) is 13.4. The van der Waals surface area contributed by atoms with Crippen molar-refractivity contribution < 1.29 is 4.39 Å². The molecule has 3 heteroatoms. The Kier molecular flexibility index (Phi) is 15.3. The second-order valence-electron chi connectivity index (χ2n) is 2.05. The van der Waals surface area contributed by atoms with Gasteiger partial charge in [-0.3, -0.25) is 4.90 Å². The summed E-state index contributed by atoms with van der Waals surface area (Å²) >= 11 is 0. The van der Waals surface area contributed by atoms with Crippen molar-refractivity contribution in [2.24, 2.45) is 0 Å². The largest absolute Gasteiger partial charge is 0.316 e. The lowest BCUT2D eigenvalue weighted by atomic mass is 10.5. The normalized spacial score (nSPS) is 9.27. The van der Waals surface area contributed by atoms with E-state index in [0.717, 1.165) is 19.6 Å². The van der Waals surface area contributed by atoms with Crippen molar-refractivity contribution in [3.05, 3.63) is 0 Å². The van der Waals surface area contributed by atoms with E-state index in [0.29, 0.717) is 0 Å². The molecule has 0 atom stereocenters. The van der Waals surface area contributed by atoms with Gasteiger partial charge < -0.3 is 5.32 Å². The Morgan fingerprint density at radius 3 is 2.27 bits per heavy atom. The summed E-state index contributed by atoms with van der Waals surface area (Å²) in [6.07, 6.45) is 0. The molecule has 0 radical (unpaired) electrons. The Morgan fingerprint density at radius 2 is 1.91 bits per heavy atom. The first-order chi connectivity index (χ1) is 5.31. The van der Waals surface area contributed by atoms with E-state index >= 15 is 0 Å². The number of halogens is 1. The maximum absolute atomic E-state index is 11.7. The number of nitrogens with zero attached hydrogens (tertiary/aromatic N) is 1. The third-order valence-electron chi connectivity index (χ3n) is 1.12. The highest BCUT2D eigenvalue weighted by atomic mass is 19.1. The van der Waals surface area contributed by atoms with Gasteiger partial charge in [0.05, 0.1) is 0 Å². The molecule has 0 rings (SSSR count). The number of likely N-dealkylation sites (N-methyl/N-ethyl adjacent to an activating group) is 2. The molecule has 0 aliphatic rings. The molecule has 70 valence electrons. The molecule has 11 heavy (non-hydrogen) atoms. The summed E-state index contributed by atoms with van der Waals surface area (Å²) in [6.45, 7) is 8.29. The summed E-state index contributed by atoms with van der Waals surface area (Å²) < 4.78 is 11.7. The first-order valence-corrected chi connectivity index (χ1v) is 4.26. The molecule has 0 saturated heterocycles. The highest BCUT2D eigenvalue weighted by Gasteiger charge is 1.92. The molecule has 0 heterocycles. The highest BCUT2D eigenvalue weighted by molar-refractivity contribution is 4.47. The van der Waals surface area contributed by atoms with E-state index in [1.807, 2.05) is 20.8 Å². The summed E-state index contributed by atoms with van der Waals surface area (Å²) in [6, 6.07) is 0. The van der Waals surface area contributed by atoms with Gasteiger partial charge in [0.15, 0.2) is 0 Å². The summed E-state index contributed by atoms with van der Waals surface area (Å²) in [5.74, 6) is 0. The van der Waals surface area contributed by atoms with Crippen molar-refractivity contribution in [1.29, 1.82) is 0 Å². The summed E-state index contributed by atoms with van der Waals surface area (Å²) in [4.78, 5) is 1.63. The highest BCUT2D eigenvalue weighted by Crippen LogP contribution is 1.78. The van der Waals surface area contributed by atoms with Crippen molar-refractivity contribution in [3.63, 3.8) is 0 Å². The zero-order chi connectivity index (χ0) is 9.11. The third-order valence-corrected chi connectivity index (χ3v) is 1.12. The SMILES string of the molecule is CC.CCNCCN(C)CF. The summed E-state index contributed by atoms with van der Waals surface area (Å²) in [5.41, 5.74) is 0. The Bertz CT molecular complexity index is 60.1. The molecule has 0 aromatic heterocycles. The van der Waals surface area contributed by atoms with Crippen molar-refractivity contribution >= 4 is 0 Å². The van der Waals surface area contributed by atoms with E-state index in [9.17, 15) is 4.39 Å². The van der Waals surface area contributed by atoms with Crippen molar-refractivity contribution in [2.75, 3.05) is 33.5 Å². The quantitative estimate of drug-likeness (QED) is 0.489. The van der Waals surface area contributed by atoms with Gasteiger partial charge in [-0.1, -0.05) is 20.8 Å². The number of alkyl halides is 1. The van der Waals surface area contributed by atoms with Gasteiger partial charge in [-0.05, 0) is 13.6 Å². The summed E-state index contributed by atoms with van der Waals surface area (Å²) in [5, 5.41) is 3.11. The first-order valence-electron chi connectivity index (χ1n) is 4.26. The standard InChI is InChI=1S/C6H15FN2.C2H6/c1-3-8-4-5-9(2)6-7;1-2/h8H,3-6H2,1-2H3;1-2H3. The zero-order valence-electron chi connectivity index (χ0n) is 8.15. The molecule has 0 spiro atoms. The topological polar surface area (TPSA) is 15.3 Å². The van der Waals surface area contributed by atoms with Gasteiger partial charge in [0.1, 0.15) is 6.80 Å². The number of nitrogens with one attached hydrogen (secondary N) is 1. The van der Waals surface area contributed by atoms with Crippen LogP contribution in [-0.2, 0) is 0 Å². The van der Waals surface area contributed by atoms with Crippen LogP contribution in [0.1, 0.15) is 20.8 Å². The molecule has 0 saturated carbocycles. The van der Waals surface area contributed by atoms with Gasteiger partial charge in [-0.25, -0.2) is 4.39 Å². The van der Waals surface area contributed by atoms with Crippen LogP contribution >= 0.6 is 0 Å². The second kappa shape index (κ2) is 12.5. The molecule has 0 fully saturated rings. The maximum Gasteiger partial charge on any atom is 0.142 e. The second-order valence-corrected chi connectivity index (χ2v) is 2.05. The Balaban J connectivity index is 0. The van der Waals surface area contributed by atoms with Crippen LogP contribution in [-0.4, -0.2) is 38.4 Å². The molecule has 0 amide bonds. The van der Waals surface area contributed by atoms with Crippen LogP contribution < -0.4 is 5.32 Å². The Morgan fingerprint density at radius 1 is 1.36 bits per heavy atom. The molecule has 0 aliphatic carbocycles. The Hall–Kier alpha value is -0.150. The van der Waals surface area contributed by atoms with Crippen LogP contribution in [0.3, 0.4) is 0 Å². The molecule has 2 nitrogen and oxygen atoms in total. The lowest BCUT2D eigenvalue weighted by Gasteiger charge is -2.10. The maximum atomic E-state index is 11.7. The van der Waals surface area contributed by atoms with Crippen LogP contribution in [0.5, 0.6) is 0 Å². The van der Waals surface area contributed by atoms with E-state index in [2.05, 4.69) is 5.32 Å². The fourth-order valence-corrected chi connectivity index (χ4v) is 0.506. The smallest absolute Gasteiger partial charge is 0.142 e. The number of hydrogen-bond acceptors (Lipinski definition) is 2. The van der Waals surface area contributed by atoms with Gasteiger partial charge in [-0.15, -0.1) is 0 Å². The molecular weight excluding hydrogens is 143 g/mol. The Labute approximate surface area is 69.8 Å². The predicted molar refractivity (Wildman–Crippen MR) is 48.5 cm³/mol. The lowest BCUT2D eigenvalue weighted by molar-refractivity contribution is 0.225. The molecule has 0 bridgehead atoms. The van der Waals surface area contributed by atoms with Crippen molar-refractivity contribution in [2.45, 2.75) is 20.8 Å². The average molecular weight is 164 g/mol. The molecule has 0 unspecified atom stereocenters. The molecule has 0 aromatic rings. The van der Waals surface area contributed by atoms with Gasteiger partial charge >= 0.3 is 0 Å². The minimum Gasteiger partial charge on any atom is -0.316 e. The predicted octanol–water partition coefficient (Wildman–Crippen LogP) is 1.48. The number of rotatable bonds is 5. The van der Waals surface area contributed by atoms with Crippen molar-refractivity contribution in [1.82, 2.24) is 10.2 Å². The molecule has 0 aliphatic heterocycles. The third kappa shape index (κ3) is 12.9. The molecule has 1 N–H and O–H groups in total. The van der Waals surface area contributed by atoms with Gasteiger partial charge in [-0.2, -0.15) is 0 Å². The van der Waals surface area contributed by atoms with Gasteiger partial charge in [0.25, 0.3) is 0 Å².